The van der Waals surface area contributed by atoms with Crippen molar-refractivity contribution in [1.82, 2.24) is 19.7 Å². The Labute approximate surface area is 158 Å². The number of rotatable bonds is 6. The summed E-state index contributed by atoms with van der Waals surface area (Å²) in [5.41, 5.74) is 1.29. The summed E-state index contributed by atoms with van der Waals surface area (Å²) in [4.78, 5) is 22.5. The number of ether oxygens (including phenoxy) is 1. The first-order chi connectivity index (χ1) is 13.3. The molecule has 142 valence electrons. The zero-order valence-corrected chi connectivity index (χ0v) is 15.6. The molecular formula is C20H25N5O2. The molecule has 1 aliphatic heterocycles. The Kier molecular flexibility index (Phi) is 5.20. The summed E-state index contributed by atoms with van der Waals surface area (Å²) in [5, 5.41) is 4.87. The van der Waals surface area contributed by atoms with E-state index in [9.17, 15) is 4.79 Å². The van der Waals surface area contributed by atoms with Crippen LogP contribution in [0.15, 0.2) is 41.3 Å². The largest absolute Gasteiger partial charge is 0.376 e. The van der Waals surface area contributed by atoms with Crippen molar-refractivity contribution >= 4 is 17.0 Å². The highest BCUT2D eigenvalue weighted by Gasteiger charge is 2.21. The molecule has 1 fully saturated rings. The molecule has 7 heteroatoms. The topological polar surface area (TPSA) is 76.0 Å². The Morgan fingerprint density at radius 3 is 2.89 bits per heavy atom. The van der Waals surface area contributed by atoms with E-state index in [0.29, 0.717) is 17.0 Å². The van der Waals surface area contributed by atoms with Gasteiger partial charge in [0.05, 0.1) is 18.0 Å². The van der Waals surface area contributed by atoms with Crippen LogP contribution in [0.3, 0.4) is 0 Å². The van der Waals surface area contributed by atoms with E-state index in [0.717, 1.165) is 44.6 Å². The maximum atomic E-state index is 12.6. The minimum Gasteiger partial charge on any atom is -0.376 e. The number of nitrogens with zero attached hydrogens (tertiary/aromatic N) is 4. The molecule has 3 aromatic rings. The maximum absolute atomic E-state index is 12.6. The standard InChI is InChI=1S/C20H25N5O2/c1-2-11-24(14-16-10-6-7-12-27-16)20-22-18-17(19(26)23-20)13-21-25(18)15-8-4-3-5-9-15/h3-5,8-9,13,16H,2,6-7,10-12,14H2,1H3,(H,22,23,26). The smallest absolute Gasteiger partial charge is 0.263 e. The van der Waals surface area contributed by atoms with E-state index < -0.39 is 0 Å². The summed E-state index contributed by atoms with van der Waals surface area (Å²) in [6.45, 7) is 4.49. The zero-order valence-electron chi connectivity index (χ0n) is 15.6. The summed E-state index contributed by atoms with van der Waals surface area (Å²) >= 11 is 0. The maximum Gasteiger partial charge on any atom is 0.263 e. The summed E-state index contributed by atoms with van der Waals surface area (Å²) in [5.74, 6) is 0.584. The molecule has 27 heavy (non-hydrogen) atoms. The second kappa shape index (κ2) is 7.92. The number of aromatic amines is 1. The molecule has 0 radical (unpaired) electrons. The SMILES string of the molecule is CCCN(CC1CCCCO1)c1nc2c(cnn2-c2ccccc2)c(=O)[nH]1. The molecule has 0 aliphatic carbocycles. The Hall–Kier alpha value is -2.67. The highest BCUT2D eigenvalue weighted by atomic mass is 16.5. The third-order valence-electron chi connectivity index (χ3n) is 4.92. The van der Waals surface area contributed by atoms with E-state index in [4.69, 9.17) is 9.72 Å². The molecule has 1 aliphatic rings. The van der Waals surface area contributed by atoms with Crippen LogP contribution in [-0.4, -0.2) is 45.5 Å². The highest BCUT2D eigenvalue weighted by Crippen LogP contribution is 2.19. The van der Waals surface area contributed by atoms with Crippen LogP contribution in [0.4, 0.5) is 5.95 Å². The molecule has 1 unspecified atom stereocenters. The van der Waals surface area contributed by atoms with Gasteiger partial charge in [0.25, 0.3) is 5.56 Å². The fraction of sp³-hybridized carbons (Fsp3) is 0.450. The van der Waals surface area contributed by atoms with Crippen LogP contribution in [0.25, 0.3) is 16.7 Å². The number of anilines is 1. The van der Waals surface area contributed by atoms with Crippen molar-refractivity contribution < 1.29 is 4.74 Å². The van der Waals surface area contributed by atoms with Crippen LogP contribution in [0.5, 0.6) is 0 Å². The predicted octanol–water partition coefficient (Wildman–Crippen LogP) is 2.89. The summed E-state index contributed by atoms with van der Waals surface area (Å²) in [6.07, 6.45) is 6.09. The Balaban J connectivity index is 1.72. The normalized spacial score (nSPS) is 17.3. The van der Waals surface area contributed by atoms with Crippen molar-refractivity contribution in [1.29, 1.82) is 0 Å². The van der Waals surface area contributed by atoms with Gasteiger partial charge >= 0.3 is 0 Å². The first-order valence-electron chi connectivity index (χ1n) is 9.66. The third-order valence-corrected chi connectivity index (χ3v) is 4.92. The summed E-state index contributed by atoms with van der Waals surface area (Å²) in [6, 6.07) is 9.75. The van der Waals surface area contributed by atoms with Gasteiger partial charge in [-0.3, -0.25) is 9.78 Å². The van der Waals surface area contributed by atoms with Crippen molar-refractivity contribution in [3.63, 3.8) is 0 Å². The third kappa shape index (κ3) is 3.73. The van der Waals surface area contributed by atoms with E-state index in [-0.39, 0.29) is 11.7 Å². The number of para-hydroxylation sites is 1. The molecule has 0 spiro atoms. The van der Waals surface area contributed by atoms with E-state index in [2.05, 4.69) is 21.9 Å². The van der Waals surface area contributed by atoms with E-state index in [1.165, 1.54) is 6.42 Å². The van der Waals surface area contributed by atoms with Crippen molar-refractivity contribution in [2.24, 2.45) is 0 Å². The van der Waals surface area contributed by atoms with Gasteiger partial charge in [0, 0.05) is 19.7 Å². The van der Waals surface area contributed by atoms with Gasteiger partial charge in [-0.2, -0.15) is 10.1 Å². The summed E-state index contributed by atoms with van der Waals surface area (Å²) < 4.78 is 7.61. The molecular weight excluding hydrogens is 342 g/mol. The Morgan fingerprint density at radius 1 is 1.30 bits per heavy atom. The quantitative estimate of drug-likeness (QED) is 0.725. The minimum absolute atomic E-state index is 0.164. The van der Waals surface area contributed by atoms with E-state index in [1.54, 1.807) is 10.9 Å². The fourth-order valence-corrected chi connectivity index (χ4v) is 3.57. The number of benzene rings is 1. The van der Waals surface area contributed by atoms with E-state index in [1.807, 2.05) is 30.3 Å². The number of hydrogen-bond acceptors (Lipinski definition) is 5. The van der Waals surface area contributed by atoms with Gasteiger partial charge in [-0.1, -0.05) is 25.1 Å². The Bertz CT molecular complexity index is 944. The monoisotopic (exact) mass is 367 g/mol. The molecule has 3 heterocycles. The van der Waals surface area contributed by atoms with Crippen molar-refractivity contribution in [2.45, 2.75) is 38.7 Å². The minimum atomic E-state index is -0.164. The van der Waals surface area contributed by atoms with Crippen LogP contribution in [-0.2, 0) is 4.74 Å². The van der Waals surface area contributed by atoms with Crippen molar-refractivity contribution in [3.8, 4) is 5.69 Å². The zero-order chi connectivity index (χ0) is 18.6. The van der Waals surface area contributed by atoms with Crippen molar-refractivity contribution in [3.05, 3.63) is 46.9 Å². The second-order valence-electron chi connectivity index (χ2n) is 6.95. The van der Waals surface area contributed by atoms with Gasteiger partial charge in [-0.05, 0) is 37.8 Å². The van der Waals surface area contributed by atoms with Gasteiger partial charge in [0.1, 0.15) is 5.39 Å². The number of hydrogen-bond donors (Lipinski definition) is 1. The fourth-order valence-electron chi connectivity index (χ4n) is 3.57. The lowest BCUT2D eigenvalue weighted by atomic mass is 10.1. The Morgan fingerprint density at radius 2 is 2.15 bits per heavy atom. The van der Waals surface area contributed by atoms with Gasteiger partial charge in [0.2, 0.25) is 5.95 Å². The van der Waals surface area contributed by atoms with Gasteiger partial charge in [-0.25, -0.2) is 4.68 Å². The van der Waals surface area contributed by atoms with Crippen LogP contribution in [0.1, 0.15) is 32.6 Å². The first-order valence-corrected chi connectivity index (χ1v) is 9.66. The van der Waals surface area contributed by atoms with Gasteiger partial charge < -0.3 is 9.64 Å². The number of fused-ring (bicyclic) bond motifs is 1. The summed E-state index contributed by atoms with van der Waals surface area (Å²) in [7, 11) is 0. The average molecular weight is 367 g/mol. The number of H-pyrrole nitrogens is 1. The molecule has 0 saturated carbocycles. The van der Waals surface area contributed by atoms with Gasteiger partial charge in [-0.15, -0.1) is 0 Å². The van der Waals surface area contributed by atoms with Crippen molar-refractivity contribution in [2.75, 3.05) is 24.6 Å². The average Bonchev–Trinajstić information content (AvgIpc) is 3.14. The predicted molar refractivity (Wildman–Crippen MR) is 106 cm³/mol. The molecule has 1 N–H and O–H groups in total. The van der Waals surface area contributed by atoms with E-state index >= 15 is 0 Å². The molecule has 1 atom stereocenters. The first kappa shape index (κ1) is 17.7. The van der Waals surface area contributed by atoms with Crippen LogP contribution < -0.4 is 10.5 Å². The number of nitrogens with one attached hydrogen (secondary N) is 1. The highest BCUT2D eigenvalue weighted by molar-refractivity contribution is 5.76. The van der Waals surface area contributed by atoms with Crippen LogP contribution in [0.2, 0.25) is 0 Å². The molecule has 4 rings (SSSR count). The number of aromatic nitrogens is 4. The molecule has 0 bridgehead atoms. The molecule has 1 saturated heterocycles. The molecule has 0 amide bonds. The lowest BCUT2D eigenvalue weighted by Gasteiger charge is -2.30. The second-order valence-corrected chi connectivity index (χ2v) is 6.95. The lowest BCUT2D eigenvalue weighted by Crippen LogP contribution is -2.38. The molecule has 7 nitrogen and oxygen atoms in total. The van der Waals surface area contributed by atoms with Gasteiger partial charge in [0.15, 0.2) is 5.65 Å². The molecule has 1 aromatic carbocycles. The van der Waals surface area contributed by atoms with Crippen LogP contribution >= 0.6 is 0 Å². The molecule has 2 aromatic heterocycles. The van der Waals surface area contributed by atoms with Crippen LogP contribution in [0, 0.1) is 0 Å². The lowest BCUT2D eigenvalue weighted by molar-refractivity contribution is 0.0208.